The SMILES string of the molecule is CC(COC(=O)Cn1cnc2c1c(=O)n(C)c(=O)n2C)=C(F)F. The van der Waals surface area contributed by atoms with Crippen molar-refractivity contribution in [2.24, 2.45) is 14.1 Å². The minimum atomic E-state index is -1.91. The molecule has 0 aliphatic carbocycles. The molecule has 0 saturated carbocycles. The van der Waals surface area contributed by atoms with Crippen molar-refractivity contribution in [3.8, 4) is 0 Å². The highest BCUT2D eigenvalue weighted by Crippen LogP contribution is 2.08. The second-order valence-corrected chi connectivity index (χ2v) is 4.95. The second kappa shape index (κ2) is 6.15. The van der Waals surface area contributed by atoms with Crippen LogP contribution >= 0.6 is 0 Å². The number of carbonyl (C=O) groups excluding carboxylic acids is 1. The molecule has 0 radical (unpaired) electrons. The quantitative estimate of drug-likeness (QED) is 0.746. The lowest BCUT2D eigenvalue weighted by Crippen LogP contribution is -2.37. The lowest BCUT2D eigenvalue weighted by molar-refractivity contribution is -0.143. The van der Waals surface area contributed by atoms with Gasteiger partial charge in [-0.25, -0.2) is 9.78 Å². The van der Waals surface area contributed by atoms with Crippen LogP contribution in [0.2, 0.25) is 0 Å². The summed E-state index contributed by atoms with van der Waals surface area (Å²) in [7, 11) is 2.75. The fourth-order valence-electron chi connectivity index (χ4n) is 1.94. The zero-order valence-corrected chi connectivity index (χ0v) is 12.7. The maximum atomic E-state index is 12.2. The summed E-state index contributed by atoms with van der Waals surface area (Å²) in [4.78, 5) is 39.6. The van der Waals surface area contributed by atoms with Gasteiger partial charge in [0.2, 0.25) is 0 Å². The molecule has 0 atom stereocenters. The standard InChI is InChI=1S/C13H14F2N4O4/c1-7(10(14)15)5-23-8(20)4-19-6-16-11-9(19)12(21)18(3)13(22)17(11)2/h6H,4-5H2,1-3H3. The number of fused-ring (bicyclic) bond motifs is 1. The minimum Gasteiger partial charge on any atom is -0.460 e. The number of nitrogens with zero attached hydrogens (tertiary/aromatic N) is 4. The summed E-state index contributed by atoms with van der Waals surface area (Å²) in [5, 5.41) is 0. The van der Waals surface area contributed by atoms with Gasteiger partial charge < -0.3 is 9.30 Å². The van der Waals surface area contributed by atoms with Gasteiger partial charge in [-0.2, -0.15) is 8.78 Å². The number of halogens is 2. The van der Waals surface area contributed by atoms with Crippen LogP contribution in [0.15, 0.2) is 27.6 Å². The smallest absolute Gasteiger partial charge is 0.332 e. The van der Waals surface area contributed by atoms with E-state index < -0.39 is 29.9 Å². The molecule has 0 saturated heterocycles. The van der Waals surface area contributed by atoms with E-state index >= 15 is 0 Å². The van der Waals surface area contributed by atoms with Crippen molar-refractivity contribution in [3.63, 3.8) is 0 Å². The average molecular weight is 328 g/mol. The number of aromatic nitrogens is 4. The summed E-state index contributed by atoms with van der Waals surface area (Å²) in [5.74, 6) is -0.805. The Morgan fingerprint density at radius 2 is 1.91 bits per heavy atom. The van der Waals surface area contributed by atoms with Crippen molar-refractivity contribution >= 4 is 17.1 Å². The zero-order valence-electron chi connectivity index (χ0n) is 12.7. The third kappa shape index (κ3) is 3.05. The Hall–Kier alpha value is -2.78. The Kier molecular flexibility index (Phi) is 4.43. The molecule has 0 amide bonds. The summed E-state index contributed by atoms with van der Waals surface area (Å²) in [6, 6.07) is 0. The molecule has 0 aliphatic heterocycles. The van der Waals surface area contributed by atoms with E-state index in [0.717, 1.165) is 11.5 Å². The maximum absolute atomic E-state index is 12.2. The third-order valence-corrected chi connectivity index (χ3v) is 3.29. The van der Waals surface area contributed by atoms with E-state index in [0.29, 0.717) is 0 Å². The highest BCUT2D eigenvalue weighted by molar-refractivity contribution is 5.75. The molecule has 2 heterocycles. The first-order valence-corrected chi connectivity index (χ1v) is 6.51. The predicted octanol–water partition coefficient (Wildman–Crippen LogP) is 0.147. The van der Waals surface area contributed by atoms with E-state index in [1.54, 1.807) is 0 Å². The first kappa shape index (κ1) is 16.6. The molecule has 0 aromatic carbocycles. The van der Waals surface area contributed by atoms with Gasteiger partial charge in [0.25, 0.3) is 11.6 Å². The predicted molar refractivity (Wildman–Crippen MR) is 76.1 cm³/mol. The van der Waals surface area contributed by atoms with Gasteiger partial charge in [-0.3, -0.25) is 18.7 Å². The Labute approximate surface area is 128 Å². The summed E-state index contributed by atoms with van der Waals surface area (Å²) in [6.45, 7) is 0.218. The number of hydrogen-bond acceptors (Lipinski definition) is 5. The summed E-state index contributed by atoms with van der Waals surface area (Å²) in [5.41, 5.74) is -1.34. The molecular weight excluding hydrogens is 314 g/mol. The first-order valence-electron chi connectivity index (χ1n) is 6.51. The van der Waals surface area contributed by atoms with Crippen LogP contribution < -0.4 is 11.2 Å². The number of aryl methyl sites for hydroxylation is 1. The van der Waals surface area contributed by atoms with Gasteiger partial charge in [0.15, 0.2) is 11.2 Å². The number of ether oxygens (including phenoxy) is 1. The molecule has 0 N–H and O–H groups in total. The largest absolute Gasteiger partial charge is 0.460 e. The van der Waals surface area contributed by atoms with Gasteiger partial charge in [0.1, 0.15) is 13.2 Å². The van der Waals surface area contributed by atoms with E-state index in [2.05, 4.69) is 4.98 Å². The highest BCUT2D eigenvalue weighted by atomic mass is 19.3. The molecular formula is C13H14F2N4O4. The number of hydrogen-bond donors (Lipinski definition) is 0. The normalized spacial score (nSPS) is 10.8. The molecule has 0 bridgehead atoms. The third-order valence-electron chi connectivity index (χ3n) is 3.29. The van der Waals surface area contributed by atoms with Gasteiger partial charge in [-0.1, -0.05) is 0 Å². The van der Waals surface area contributed by atoms with Crippen LogP contribution in [0.25, 0.3) is 11.2 Å². The lowest BCUT2D eigenvalue weighted by atomic mass is 10.4. The van der Waals surface area contributed by atoms with E-state index in [-0.39, 0.29) is 23.3 Å². The second-order valence-electron chi connectivity index (χ2n) is 4.95. The fraction of sp³-hybridized carbons (Fsp3) is 0.385. The van der Waals surface area contributed by atoms with Gasteiger partial charge in [0, 0.05) is 19.7 Å². The number of imidazole rings is 1. The number of esters is 1. The van der Waals surface area contributed by atoms with Crippen molar-refractivity contribution in [2.45, 2.75) is 13.5 Å². The van der Waals surface area contributed by atoms with E-state index in [1.807, 2.05) is 0 Å². The molecule has 0 fully saturated rings. The van der Waals surface area contributed by atoms with Crippen LogP contribution in [0.5, 0.6) is 0 Å². The zero-order chi connectivity index (χ0) is 17.3. The first-order chi connectivity index (χ1) is 10.7. The van der Waals surface area contributed by atoms with Crippen molar-refractivity contribution in [2.75, 3.05) is 6.61 Å². The molecule has 10 heteroatoms. The molecule has 124 valence electrons. The summed E-state index contributed by atoms with van der Waals surface area (Å²) in [6.07, 6.45) is -0.694. The Morgan fingerprint density at radius 1 is 1.26 bits per heavy atom. The van der Waals surface area contributed by atoms with E-state index in [1.165, 1.54) is 29.6 Å². The molecule has 2 aromatic heterocycles. The van der Waals surface area contributed by atoms with Gasteiger partial charge in [-0.15, -0.1) is 0 Å². The Balaban J connectivity index is 2.32. The molecule has 23 heavy (non-hydrogen) atoms. The van der Waals surface area contributed by atoms with Crippen molar-refractivity contribution < 1.29 is 18.3 Å². The van der Waals surface area contributed by atoms with Crippen LogP contribution in [0, 0.1) is 0 Å². The van der Waals surface area contributed by atoms with Crippen LogP contribution in [-0.2, 0) is 30.2 Å². The van der Waals surface area contributed by atoms with Crippen LogP contribution in [0.1, 0.15) is 6.92 Å². The molecule has 0 spiro atoms. The molecule has 2 aromatic rings. The van der Waals surface area contributed by atoms with Gasteiger partial charge in [-0.05, 0) is 6.92 Å². The fourth-order valence-corrected chi connectivity index (χ4v) is 1.94. The molecule has 0 unspecified atom stereocenters. The van der Waals surface area contributed by atoms with E-state index in [9.17, 15) is 23.2 Å². The van der Waals surface area contributed by atoms with E-state index in [4.69, 9.17) is 4.74 Å². The number of rotatable bonds is 4. The Morgan fingerprint density at radius 3 is 2.52 bits per heavy atom. The monoisotopic (exact) mass is 328 g/mol. The summed E-state index contributed by atoms with van der Waals surface area (Å²) < 4.78 is 32.5. The minimum absolute atomic E-state index is 0.0514. The van der Waals surface area contributed by atoms with Crippen molar-refractivity contribution in [1.82, 2.24) is 18.7 Å². The summed E-state index contributed by atoms with van der Waals surface area (Å²) >= 11 is 0. The van der Waals surface area contributed by atoms with Crippen LogP contribution in [0.4, 0.5) is 8.78 Å². The molecule has 2 rings (SSSR count). The van der Waals surface area contributed by atoms with Crippen molar-refractivity contribution in [1.29, 1.82) is 0 Å². The van der Waals surface area contributed by atoms with Gasteiger partial charge >= 0.3 is 11.7 Å². The van der Waals surface area contributed by atoms with Crippen molar-refractivity contribution in [3.05, 3.63) is 38.8 Å². The molecule has 0 aliphatic rings. The average Bonchev–Trinajstić information content (AvgIpc) is 2.92. The topological polar surface area (TPSA) is 88.1 Å². The Bertz CT molecular complexity index is 918. The van der Waals surface area contributed by atoms with Gasteiger partial charge in [0.05, 0.1) is 6.33 Å². The lowest BCUT2D eigenvalue weighted by Gasteiger charge is -2.07. The maximum Gasteiger partial charge on any atom is 0.332 e. The van der Waals surface area contributed by atoms with Crippen LogP contribution in [-0.4, -0.2) is 31.3 Å². The molecule has 8 nitrogen and oxygen atoms in total. The highest BCUT2D eigenvalue weighted by Gasteiger charge is 2.16. The van der Waals surface area contributed by atoms with Crippen LogP contribution in [0.3, 0.4) is 0 Å². The number of carbonyl (C=O) groups is 1.